The van der Waals surface area contributed by atoms with Crippen molar-refractivity contribution in [2.75, 3.05) is 89.2 Å². The molecule has 7 rings (SSSR count). The molecule has 616 valence electrons. The second-order valence-electron chi connectivity index (χ2n) is 32.5. The van der Waals surface area contributed by atoms with Gasteiger partial charge in [-0.1, -0.05) is 72.0 Å². The largest absolute Gasteiger partial charge is 0.397 e. The molecule has 25 nitrogen and oxygen atoms in total. The fourth-order valence-electron chi connectivity index (χ4n) is 17.5. The average Bonchev–Trinajstić information content (AvgIpc) is 1.68. The maximum Gasteiger partial charge on any atom is 0.397 e. The topological polar surface area (TPSA) is 279 Å². The van der Waals surface area contributed by atoms with Gasteiger partial charge in [0.1, 0.15) is 72.1 Å². The summed E-state index contributed by atoms with van der Waals surface area (Å²) in [6, 6.07) is -11.4. The number of hydrogen-bond acceptors (Lipinski definition) is 13. The smallest absolute Gasteiger partial charge is 0.377 e. The maximum atomic E-state index is 15.7. The molecule has 109 heavy (non-hydrogen) atoms. The Morgan fingerprint density at radius 3 is 1.82 bits per heavy atom. The van der Waals surface area contributed by atoms with Crippen LogP contribution in [0.1, 0.15) is 182 Å². The Kier molecular flexibility index (Phi) is 31.3. The van der Waals surface area contributed by atoms with Crippen LogP contribution in [-0.4, -0.2) is 289 Å². The van der Waals surface area contributed by atoms with Crippen LogP contribution in [0.4, 0.5) is 35.1 Å². The summed E-state index contributed by atoms with van der Waals surface area (Å²) in [5, 5.41) is 8.48. The van der Waals surface area contributed by atoms with Gasteiger partial charge in [-0.05, 0) is 139 Å². The number of likely N-dealkylation sites (N-methyl/N-ethyl adjacent to an activating group) is 7. The van der Waals surface area contributed by atoms with E-state index < -0.39 is 230 Å². The first-order chi connectivity index (χ1) is 51.1. The Morgan fingerprint density at radius 2 is 1.25 bits per heavy atom. The van der Waals surface area contributed by atoms with Crippen LogP contribution in [0.2, 0.25) is 0 Å². The first-order valence-electron chi connectivity index (χ1n) is 39.0. The minimum Gasteiger partial charge on any atom is -0.377 e. The number of alkyl halides is 8. The van der Waals surface area contributed by atoms with Crippen molar-refractivity contribution in [2.45, 2.75) is 267 Å². The van der Waals surface area contributed by atoms with E-state index in [4.69, 9.17) is 4.74 Å². The predicted molar refractivity (Wildman–Crippen MR) is 386 cm³/mol. The molecule has 33 heteroatoms. The van der Waals surface area contributed by atoms with Crippen LogP contribution < -0.4 is 16.0 Å². The zero-order chi connectivity index (χ0) is 81.1. The van der Waals surface area contributed by atoms with Crippen molar-refractivity contribution in [2.24, 2.45) is 41.4 Å². The van der Waals surface area contributed by atoms with E-state index in [0.29, 0.717) is 44.9 Å². The van der Waals surface area contributed by atoms with Gasteiger partial charge in [0.05, 0.1) is 31.5 Å². The summed E-state index contributed by atoms with van der Waals surface area (Å²) < 4.78 is 121. The van der Waals surface area contributed by atoms with E-state index in [0.717, 1.165) is 29.4 Å². The van der Waals surface area contributed by atoms with E-state index in [1.807, 2.05) is 13.8 Å². The molecule has 4 aliphatic carbocycles. The number of carbonyl (C=O) groups excluding carboxylic acids is 12. The third kappa shape index (κ3) is 21.9. The zero-order valence-electron chi connectivity index (χ0n) is 65.7. The molecule has 3 heterocycles. The summed E-state index contributed by atoms with van der Waals surface area (Å²) in [6.07, 6.45) is -12.8. The van der Waals surface area contributed by atoms with Gasteiger partial charge in [0.2, 0.25) is 70.9 Å². The molecule has 12 atom stereocenters. The number of rotatable bonds is 13. The lowest BCUT2D eigenvalue weighted by Crippen LogP contribution is -2.65. The average molecular weight is 1560 g/mol. The fraction of sp³-hybridized carbons (Fsp3) is 0.816. The quantitative estimate of drug-likeness (QED) is 0.127. The Hall–Kier alpha value is -7.22. The van der Waals surface area contributed by atoms with Crippen molar-refractivity contribution in [3.05, 3.63) is 12.2 Å². The molecular weight excluding hydrogens is 1440 g/mol. The van der Waals surface area contributed by atoms with Gasteiger partial charge in [0, 0.05) is 82.5 Å². The fourth-order valence-corrected chi connectivity index (χ4v) is 17.5. The van der Waals surface area contributed by atoms with Gasteiger partial charge in [-0.3, -0.25) is 57.5 Å². The number of ether oxygens (including phenoxy) is 1. The van der Waals surface area contributed by atoms with Crippen molar-refractivity contribution in [3.8, 4) is 0 Å². The number of halogens is 8. The molecule has 0 aromatic rings. The van der Waals surface area contributed by atoms with Gasteiger partial charge >= 0.3 is 12.4 Å². The van der Waals surface area contributed by atoms with E-state index in [1.165, 1.54) is 71.1 Å². The Balaban J connectivity index is 1.34. The molecule has 3 N–H and O–H groups in total. The van der Waals surface area contributed by atoms with Crippen molar-refractivity contribution in [1.82, 2.24) is 60.0 Å². The summed E-state index contributed by atoms with van der Waals surface area (Å²) in [4.78, 5) is 192. The number of hydrogen-bond donors (Lipinski definition) is 3. The minimum absolute atomic E-state index is 0.00507. The van der Waals surface area contributed by atoms with Gasteiger partial charge < -0.3 is 64.8 Å². The van der Waals surface area contributed by atoms with Gasteiger partial charge in [-0.2, -0.15) is 26.3 Å². The van der Waals surface area contributed by atoms with Crippen LogP contribution >= 0.6 is 0 Å². The van der Waals surface area contributed by atoms with Crippen LogP contribution in [-0.2, 0) is 62.3 Å². The molecule has 12 amide bonds. The highest BCUT2D eigenvalue weighted by molar-refractivity contribution is 6.01. The third-order valence-electron chi connectivity index (χ3n) is 24.2. The Bertz CT molecular complexity index is 3240. The van der Waals surface area contributed by atoms with E-state index >= 15 is 37.5 Å². The second kappa shape index (κ2) is 38.3. The number of nitrogens with one attached hydrogen (secondary N) is 3. The lowest BCUT2D eigenvalue weighted by Gasteiger charge is -2.42. The van der Waals surface area contributed by atoms with Gasteiger partial charge in [-0.25, -0.2) is 8.78 Å². The molecule has 4 saturated carbocycles. The van der Waals surface area contributed by atoms with Gasteiger partial charge in [-0.15, -0.1) is 0 Å². The van der Waals surface area contributed by atoms with Crippen molar-refractivity contribution >= 4 is 70.9 Å². The second-order valence-corrected chi connectivity index (χ2v) is 32.5. The van der Waals surface area contributed by atoms with Crippen LogP contribution in [0.15, 0.2) is 12.2 Å². The molecule has 0 radical (unpaired) electrons. The van der Waals surface area contributed by atoms with Crippen LogP contribution in [0.3, 0.4) is 0 Å². The Morgan fingerprint density at radius 1 is 0.633 bits per heavy atom. The molecule has 0 aromatic carbocycles. The van der Waals surface area contributed by atoms with Crippen molar-refractivity contribution in [1.29, 1.82) is 0 Å². The maximum absolute atomic E-state index is 15.7. The number of nitrogens with zero attached hydrogens (tertiary/aromatic N) is 9. The highest BCUT2D eigenvalue weighted by Gasteiger charge is 2.56. The summed E-state index contributed by atoms with van der Waals surface area (Å²) in [6.45, 7) is 6.88. The third-order valence-corrected chi connectivity index (χ3v) is 24.2. The SMILES string of the molecule is CCO[C@@H]1C[C@H]2C(=O)NC3(CCCC3)C(=O)N(C)[C@@H](C3CCCC3)C(=O)N(C)[C@H](C(=O)N(C)C)CC(=O)N(C)[C@@H](CC(C)C)C(=O)N[C@@H]([C@@H](C)CC)C(=O)N(C)CC(=O)N(C)[C@H]3C/C=C\CCN(C3=O)[C@@H](CC3CCC(C(F)(F)F)CC3)C(=O)N(C)CC(=O)N[C@@H](CCC3CC(F)C(C(F)(F)F)C(F)C3)C(=O)N2C1. The molecule has 3 aliphatic heterocycles. The lowest BCUT2D eigenvalue weighted by atomic mass is 9.76. The Labute approximate surface area is 635 Å². The molecule has 1 spiro atoms. The minimum atomic E-state index is -5.22. The monoisotopic (exact) mass is 1560 g/mol. The van der Waals surface area contributed by atoms with Crippen molar-refractivity contribution in [3.63, 3.8) is 0 Å². The number of carbonyl (C=O) groups is 12. The molecule has 7 aliphatic rings. The first-order valence-corrected chi connectivity index (χ1v) is 39.0. The zero-order valence-corrected chi connectivity index (χ0v) is 65.7. The molecular formula is C76H118F8N12O13. The van der Waals surface area contributed by atoms with E-state index in [9.17, 15) is 55.1 Å². The first kappa shape index (κ1) is 89.0. The molecule has 2 bridgehead atoms. The highest BCUT2D eigenvalue weighted by Crippen LogP contribution is 2.46. The highest BCUT2D eigenvalue weighted by atomic mass is 19.4. The summed E-state index contributed by atoms with van der Waals surface area (Å²) in [5.74, 6) is -17.0. The molecule has 2 unspecified atom stereocenters. The van der Waals surface area contributed by atoms with Gasteiger partial charge in [0.25, 0.3) is 0 Å². The lowest BCUT2D eigenvalue weighted by molar-refractivity contribution is -0.219. The summed E-state index contributed by atoms with van der Waals surface area (Å²) >= 11 is 0. The van der Waals surface area contributed by atoms with Crippen LogP contribution in [0, 0.1) is 41.4 Å². The number of fused-ring (bicyclic) bond motifs is 3. The molecule has 2 saturated heterocycles. The van der Waals surface area contributed by atoms with E-state index in [2.05, 4.69) is 16.0 Å². The van der Waals surface area contributed by atoms with Crippen LogP contribution in [0.5, 0.6) is 0 Å². The summed E-state index contributed by atoms with van der Waals surface area (Å²) in [5.41, 5.74) is -1.72. The standard InChI is InChI=1S/C76H118F8N12O13/c1-14-45(5)63-71(106)90(9)43-61(99)91(10)54-25-17-16-22-34-95(70(54)105)58(38-46-26-29-49(30-27-46)75(79,80)81)69(104)89(8)42-59(97)85-53(31-28-47-36-51(77)62(52(78)37-47)76(82,83)84)67(102)96-41-50(109-15-2)39-56(96)66(101)87-74(32-20-21-33-74)73(108)94(13)64(48-23-18-19-24-48)72(107)93(12)57(68(103)88(6)7)40-60(98)92(11)55(35-44(3)4)65(100)86-63/h16-17,44-58,62-64H,14-15,18-43H2,1-13H3,(H,85,97)(H,86,100)(H,87,101)/b17-16-/t45-,46?,47?,49?,50+,51?,52?,53-,54-,55-,56-,57-,58-,62?,63-,64-/m0/s1. The van der Waals surface area contributed by atoms with E-state index in [1.54, 1.807) is 32.9 Å². The van der Waals surface area contributed by atoms with Gasteiger partial charge in [0.15, 0.2) is 0 Å². The predicted octanol–water partition coefficient (Wildman–Crippen LogP) is 6.74. The molecule has 6 fully saturated rings. The van der Waals surface area contributed by atoms with Crippen LogP contribution in [0.25, 0.3) is 0 Å². The van der Waals surface area contributed by atoms with E-state index in [-0.39, 0.29) is 103 Å². The number of amides is 12. The summed E-state index contributed by atoms with van der Waals surface area (Å²) in [7, 11) is 10.9. The normalized spacial score (nSPS) is 31.9. The van der Waals surface area contributed by atoms with Crippen molar-refractivity contribution < 1.29 is 97.4 Å². The molecule has 0 aromatic heterocycles.